The van der Waals surface area contributed by atoms with Gasteiger partial charge in [0, 0.05) is 25.7 Å². The van der Waals surface area contributed by atoms with Crippen molar-refractivity contribution < 1.29 is 0 Å². The fraction of sp³-hybridized carbons (Fsp3) is 0.692. The van der Waals surface area contributed by atoms with E-state index in [1.165, 1.54) is 12.8 Å². The quantitative estimate of drug-likeness (QED) is 0.855. The van der Waals surface area contributed by atoms with Crippen LogP contribution in [-0.4, -0.2) is 29.6 Å². The van der Waals surface area contributed by atoms with Crippen molar-refractivity contribution in [3.8, 4) is 0 Å². The summed E-state index contributed by atoms with van der Waals surface area (Å²) in [4.78, 5) is 10.9. The fourth-order valence-electron chi connectivity index (χ4n) is 2.36. The van der Waals surface area contributed by atoms with E-state index in [1.54, 1.807) is 0 Å². The first kappa shape index (κ1) is 12.9. The van der Waals surface area contributed by atoms with Gasteiger partial charge < -0.3 is 16.0 Å². The van der Waals surface area contributed by atoms with Crippen LogP contribution in [0.25, 0.3) is 0 Å². The molecule has 2 heterocycles. The molecule has 1 atom stereocenters. The molecule has 1 aliphatic heterocycles. The van der Waals surface area contributed by atoms with Crippen LogP contribution < -0.4 is 16.0 Å². The van der Waals surface area contributed by atoms with Gasteiger partial charge in [-0.1, -0.05) is 13.8 Å². The molecule has 0 saturated carbocycles. The second-order valence-corrected chi connectivity index (χ2v) is 5.09. The van der Waals surface area contributed by atoms with Gasteiger partial charge in [0.25, 0.3) is 0 Å². The van der Waals surface area contributed by atoms with Gasteiger partial charge in [-0.2, -0.15) is 9.97 Å². The van der Waals surface area contributed by atoms with Crippen LogP contribution in [0.15, 0.2) is 6.07 Å². The molecule has 0 aromatic carbocycles. The molecule has 100 valence electrons. The molecule has 5 heteroatoms. The van der Waals surface area contributed by atoms with Gasteiger partial charge in [-0.05, 0) is 25.2 Å². The molecule has 2 rings (SSSR count). The Morgan fingerprint density at radius 1 is 1.50 bits per heavy atom. The first-order chi connectivity index (χ1) is 8.69. The van der Waals surface area contributed by atoms with E-state index in [-0.39, 0.29) is 0 Å². The van der Waals surface area contributed by atoms with Crippen molar-refractivity contribution in [2.24, 2.45) is 5.92 Å². The Morgan fingerprint density at radius 3 is 3.06 bits per heavy atom. The summed E-state index contributed by atoms with van der Waals surface area (Å²) in [5.74, 6) is 2.86. The molecule has 0 radical (unpaired) electrons. The third-order valence-electron chi connectivity index (χ3n) is 3.27. The zero-order chi connectivity index (χ0) is 13.0. The van der Waals surface area contributed by atoms with Gasteiger partial charge >= 0.3 is 0 Å². The molecule has 1 aromatic heterocycles. The first-order valence-corrected chi connectivity index (χ1v) is 6.82. The lowest BCUT2D eigenvalue weighted by molar-refractivity contribution is 0.444. The van der Waals surface area contributed by atoms with Gasteiger partial charge in [0.05, 0.1) is 0 Å². The number of rotatable bonds is 4. The van der Waals surface area contributed by atoms with E-state index in [0.717, 1.165) is 43.6 Å². The van der Waals surface area contributed by atoms with Crippen molar-refractivity contribution >= 4 is 17.6 Å². The van der Waals surface area contributed by atoms with Crippen LogP contribution in [0, 0.1) is 5.92 Å². The van der Waals surface area contributed by atoms with E-state index in [4.69, 9.17) is 5.73 Å². The molecule has 1 unspecified atom stereocenters. The maximum atomic E-state index is 5.78. The average molecular weight is 249 g/mol. The van der Waals surface area contributed by atoms with Gasteiger partial charge in [0.1, 0.15) is 11.6 Å². The minimum atomic E-state index is 0.351. The molecular formula is C13H23N5. The van der Waals surface area contributed by atoms with Crippen molar-refractivity contribution in [1.29, 1.82) is 0 Å². The summed E-state index contributed by atoms with van der Waals surface area (Å²) >= 11 is 0. The van der Waals surface area contributed by atoms with Gasteiger partial charge in [0.15, 0.2) is 0 Å². The Hall–Kier alpha value is -1.52. The van der Waals surface area contributed by atoms with Gasteiger partial charge in [-0.3, -0.25) is 0 Å². The Bertz CT molecular complexity index is 393. The minimum absolute atomic E-state index is 0.351. The minimum Gasteiger partial charge on any atom is -0.370 e. The number of nitrogens with zero attached hydrogens (tertiary/aromatic N) is 3. The standard InChI is InChI=1S/C13H23N5/c1-3-6-15-11-8-12(17-13(14)16-11)18-7-4-5-10(2)9-18/h8,10H,3-7,9H2,1-2H3,(H3,14,15,16,17). The van der Waals surface area contributed by atoms with Crippen LogP contribution in [0.5, 0.6) is 0 Å². The molecule has 1 aliphatic rings. The number of anilines is 3. The highest BCUT2D eigenvalue weighted by Crippen LogP contribution is 2.23. The smallest absolute Gasteiger partial charge is 0.223 e. The summed E-state index contributed by atoms with van der Waals surface area (Å²) in [7, 11) is 0. The Kier molecular flexibility index (Phi) is 4.23. The molecule has 0 bridgehead atoms. The second kappa shape index (κ2) is 5.89. The molecule has 1 aromatic rings. The molecule has 0 spiro atoms. The topological polar surface area (TPSA) is 67.1 Å². The highest BCUT2D eigenvalue weighted by atomic mass is 15.2. The van der Waals surface area contributed by atoms with E-state index in [0.29, 0.717) is 5.95 Å². The Morgan fingerprint density at radius 2 is 2.33 bits per heavy atom. The third kappa shape index (κ3) is 3.24. The fourth-order valence-corrected chi connectivity index (χ4v) is 2.36. The maximum absolute atomic E-state index is 5.78. The SMILES string of the molecule is CCCNc1cc(N2CCCC(C)C2)nc(N)n1. The maximum Gasteiger partial charge on any atom is 0.223 e. The number of hydrogen-bond acceptors (Lipinski definition) is 5. The number of piperidine rings is 1. The predicted octanol–water partition coefficient (Wildman–Crippen LogP) is 2.12. The largest absolute Gasteiger partial charge is 0.370 e. The Labute approximate surface area is 109 Å². The van der Waals surface area contributed by atoms with Crippen LogP contribution in [0.2, 0.25) is 0 Å². The number of nitrogen functional groups attached to an aromatic ring is 1. The monoisotopic (exact) mass is 249 g/mol. The van der Waals surface area contributed by atoms with E-state index in [1.807, 2.05) is 6.07 Å². The number of hydrogen-bond donors (Lipinski definition) is 2. The van der Waals surface area contributed by atoms with E-state index >= 15 is 0 Å². The average Bonchev–Trinajstić information content (AvgIpc) is 2.36. The molecule has 1 fully saturated rings. The highest BCUT2D eigenvalue weighted by Gasteiger charge is 2.18. The van der Waals surface area contributed by atoms with Crippen molar-refractivity contribution in [3.05, 3.63) is 6.07 Å². The van der Waals surface area contributed by atoms with Gasteiger partial charge in [-0.15, -0.1) is 0 Å². The van der Waals surface area contributed by atoms with Crippen molar-refractivity contribution in [2.45, 2.75) is 33.1 Å². The summed E-state index contributed by atoms with van der Waals surface area (Å²) in [6.07, 6.45) is 3.60. The number of aromatic nitrogens is 2. The first-order valence-electron chi connectivity index (χ1n) is 6.82. The lowest BCUT2D eigenvalue weighted by atomic mass is 10.0. The molecule has 5 nitrogen and oxygen atoms in total. The van der Waals surface area contributed by atoms with Crippen molar-refractivity contribution in [1.82, 2.24) is 9.97 Å². The van der Waals surface area contributed by atoms with Crippen LogP contribution in [0.4, 0.5) is 17.6 Å². The lowest BCUT2D eigenvalue weighted by Crippen LogP contribution is -2.35. The van der Waals surface area contributed by atoms with E-state index < -0.39 is 0 Å². The summed E-state index contributed by atoms with van der Waals surface area (Å²) < 4.78 is 0. The predicted molar refractivity (Wildman–Crippen MR) is 75.8 cm³/mol. The van der Waals surface area contributed by atoms with Crippen LogP contribution in [0.3, 0.4) is 0 Å². The molecule has 3 N–H and O–H groups in total. The van der Waals surface area contributed by atoms with Gasteiger partial charge in [0.2, 0.25) is 5.95 Å². The normalized spacial score (nSPS) is 19.9. The lowest BCUT2D eigenvalue weighted by Gasteiger charge is -2.32. The summed E-state index contributed by atoms with van der Waals surface area (Å²) in [5.41, 5.74) is 5.78. The summed E-state index contributed by atoms with van der Waals surface area (Å²) in [5, 5.41) is 3.27. The number of nitrogens with two attached hydrogens (primary N) is 1. The van der Waals surface area contributed by atoms with Crippen LogP contribution >= 0.6 is 0 Å². The van der Waals surface area contributed by atoms with Gasteiger partial charge in [-0.25, -0.2) is 0 Å². The summed E-state index contributed by atoms with van der Waals surface area (Å²) in [6, 6.07) is 2.00. The van der Waals surface area contributed by atoms with Crippen LogP contribution in [-0.2, 0) is 0 Å². The third-order valence-corrected chi connectivity index (χ3v) is 3.27. The van der Waals surface area contributed by atoms with Crippen LogP contribution in [0.1, 0.15) is 33.1 Å². The van der Waals surface area contributed by atoms with Crippen molar-refractivity contribution in [3.63, 3.8) is 0 Å². The second-order valence-electron chi connectivity index (χ2n) is 5.09. The number of nitrogens with one attached hydrogen (secondary N) is 1. The Balaban J connectivity index is 2.13. The highest BCUT2D eigenvalue weighted by molar-refractivity contribution is 5.52. The molecule has 18 heavy (non-hydrogen) atoms. The molecule has 0 amide bonds. The molecule has 0 aliphatic carbocycles. The zero-order valence-electron chi connectivity index (χ0n) is 11.3. The van der Waals surface area contributed by atoms with Crippen molar-refractivity contribution in [2.75, 3.05) is 35.6 Å². The zero-order valence-corrected chi connectivity index (χ0v) is 11.3. The molecular weight excluding hydrogens is 226 g/mol. The summed E-state index contributed by atoms with van der Waals surface area (Å²) in [6.45, 7) is 7.45. The van der Waals surface area contributed by atoms with E-state index in [9.17, 15) is 0 Å². The van der Waals surface area contributed by atoms with E-state index in [2.05, 4.69) is 34.0 Å². The molecule has 1 saturated heterocycles.